The molecule has 190 valence electrons. The molecule has 0 spiro atoms. The lowest BCUT2D eigenvalue weighted by atomic mass is 10.1. The molecule has 0 aliphatic heterocycles. The zero-order valence-corrected chi connectivity index (χ0v) is 21.7. The van der Waals surface area contributed by atoms with Crippen molar-refractivity contribution in [2.45, 2.75) is 0 Å². The molecule has 0 unspecified atom stereocenters. The van der Waals surface area contributed by atoms with E-state index >= 15 is 0 Å². The summed E-state index contributed by atoms with van der Waals surface area (Å²) in [6, 6.07) is 35.5. The maximum atomic E-state index is 6.31. The first-order valence-corrected chi connectivity index (χ1v) is 13.2. The van der Waals surface area contributed by atoms with E-state index in [0.29, 0.717) is 5.89 Å². The van der Waals surface area contributed by atoms with Gasteiger partial charge in [-0.15, -0.1) is 0 Å². The Balaban J connectivity index is 1.30. The highest BCUT2D eigenvalue weighted by atomic mass is 16.3. The molecule has 40 heavy (non-hydrogen) atoms. The van der Waals surface area contributed by atoms with E-state index in [1.54, 1.807) is 6.20 Å². The van der Waals surface area contributed by atoms with Gasteiger partial charge in [0.15, 0.2) is 5.58 Å². The summed E-state index contributed by atoms with van der Waals surface area (Å²) < 4.78 is 10.6. The molecule has 0 aliphatic carbocycles. The largest absolute Gasteiger partial charge is 0.436 e. The van der Waals surface area contributed by atoms with Crippen molar-refractivity contribution in [1.82, 2.24) is 24.1 Å². The summed E-state index contributed by atoms with van der Waals surface area (Å²) in [6.07, 6.45) is 5.56. The van der Waals surface area contributed by atoms with E-state index in [9.17, 15) is 0 Å². The lowest BCUT2D eigenvalue weighted by molar-refractivity contribution is 0.620. The topological polar surface area (TPSA) is 61.7 Å². The molecule has 0 saturated carbocycles. The van der Waals surface area contributed by atoms with Gasteiger partial charge in [-0.1, -0.05) is 42.5 Å². The molecule has 0 fully saturated rings. The average molecular weight is 518 g/mol. The van der Waals surface area contributed by atoms with Crippen LogP contribution in [0.1, 0.15) is 0 Å². The van der Waals surface area contributed by atoms with Gasteiger partial charge in [0.25, 0.3) is 0 Å². The van der Waals surface area contributed by atoms with Crippen molar-refractivity contribution in [3.63, 3.8) is 0 Å². The molecule has 0 saturated heterocycles. The number of nitrogens with zero attached hydrogens (tertiary/aromatic N) is 5. The molecule has 4 heterocycles. The minimum Gasteiger partial charge on any atom is -0.436 e. The molecule has 8 aromatic rings. The second kappa shape index (κ2) is 8.78. The Labute approximate surface area is 229 Å². The van der Waals surface area contributed by atoms with Crippen molar-refractivity contribution >= 4 is 32.9 Å². The summed E-state index contributed by atoms with van der Waals surface area (Å²) in [5, 5.41) is 2.38. The second-order valence-corrected chi connectivity index (χ2v) is 9.91. The number of hydrogen-bond acceptors (Lipinski definition) is 4. The van der Waals surface area contributed by atoms with Crippen molar-refractivity contribution in [2.75, 3.05) is 0 Å². The van der Waals surface area contributed by atoms with Gasteiger partial charge in [0.2, 0.25) is 5.89 Å². The number of oxazole rings is 1. The van der Waals surface area contributed by atoms with Crippen LogP contribution in [0.3, 0.4) is 0 Å². The molecule has 4 aromatic heterocycles. The Kier molecular flexibility index (Phi) is 4.94. The van der Waals surface area contributed by atoms with E-state index in [-0.39, 0.29) is 0 Å². The van der Waals surface area contributed by atoms with E-state index in [0.717, 1.165) is 56.0 Å². The molecule has 0 aliphatic rings. The Morgan fingerprint density at radius 2 is 1.52 bits per heavy atom. The molecule has 0 radical (unpaired) electrons. The molecule has 8 rings (SSSR count). The maximum absolute atomic E-state index is 6.31. The molecule has 6 nitrogen and oxygen atoms in total. The Morgan fingerprint density at radius 1 is 0.650 bits per heavy atom. The monoisotopic (exact) mass is 517 g/mol. The number of rotatable bonds is 4. The van der Waals surface area contributed by atoms with Crippen molar-refractivity contribution in [3.05, 3.63) is 122 Å². The third-order valence-corrected chi connectivity index (χ3v) is 7.45. The maximum Gasteiger partial charge on any atom is 0.227 e. The highest BCUT2D eigenvalue weighted by Gasteiger charge is 2.16. The third kappa shape index (κ3) is 3.54. The summed E-state index contributed by atoms with van der Waals surface area (Å²) in [7, 11) is 1.98. The van der Waals surface area contributed by atoms with Gasteiger partial charge >= 0.3 is 0 Å². The van der Waals surface area contributed by atoms with Gasteiger partial charge in [-0.2, -0.15) is 0 Å². The van der Waals surface area contributed by atoms with Crippen LogP contribution in [0.5, 0.6) is 0 Å². The van der Waals surface area contributed by atoms with E-state index in [1.807, 2.05) is 60.4 Å². The van der Waals surface area contributed by atoms with Crippen LogP contribution in [-0.4, -0.2) is 24.1 Å². The normalized spacial score (nSPS) is 11.6. The molecule has 4 aromatic carbocycles. The number of pyridine rings is 1. The fraction of sp³-hybridized carbons (Fsp3) is 0.0294. The van der Waals surface area contributed by atoms with Crippen LogP contribution in [0.15, 0.2) is 126 Å². The van der Waals surface area contributed by atoms with Gasteiger partial charge in [-0.05, 0) is 60.7 Å². The number of imidazole rings is 1. The standard InChI is InChI=1S/C34H23N5O/c1-38-18-17-36-33(38)23-13-15-29-32(21-23)40-34(37-29)24-12-14-27-26-9-2-3-11-30(26)39(31(27)20-24)25-8-6-7-22(19-25)28-10-4-5-16-35-28/h2-21H,1H3. The molecule has 6 heteroatoms. The summed E-state index contributed by atoms with van der Waals surface area (Å²) in [5.74, 6) is 1.48. The molecule has 0 atom stereocenters. The summed E-state index contributed by atoms with van der Waals surface area (Å²) in [4.78, 5) is 13.9. The van der Waals surface area contributed by atoms with E-state index in [2.05, 4.69) is 81.3 Å². The fourth-order valence-electron chi connectivity index (χ4n) is 5.55. The summed E-state index contributed by atoms with van der Waals surface area (Å²) in [6.45, 7) is 0. The fourth-order valence-corrected chi connectivity index (χ4v) is 5.55. The summed E-state index contributed by atoms with van der Waals surface area (Å²) in [5.41, 5.74) is 8.79. The van der Waals surface area contributed by atoms with Gasteiger partial charge in [0.05, 0.1) is 16.7 Å². The van der Waals surface area contributed by atoms with Crippen LogP contribution in [0.25, 0.3) is 72.7 Å². The highest BCUT2D eigenvalue weighted by Crippen LogP contribution is 2.36. The Hall–Kier alpha value is -5.49. The lowest BCUT2D eigenvalue weighted by Crippen LogP contribution is -1.95. The van der Waals surface area contributed by atoms with Crippen LogP contribution < -0.4 is 0 Å². The summed E-state index contributed by atoms with van der Waals surface area (Å²) >= 11 is 0. The quantitative estimate of drug-likeness (QED) is 0.237. The number of benzene rings is 4. The van der Waals surface area contributed by atoms with Gasteiger partial charge < -0.3 is 13.6 Å². The van der Waals surface area contributed by atoms with E-state index in [4.69, 9.17) is 9.40 Å². The van der Waals surface area contributed by atoms with Gasteiger partial charge in [0, 0.05) is 58.8 Å². The molecule has 0 bridgehead atoms. The number of aryl methyl sites for hydroxylation is 1. The van der Waals surface area contributed by atoms with Gasteiger partial charge in [-0.25, -0.2) is 9.97 Å². The van der Waals surface area contributed by atoms with E-state index < -0.39 is 0 Å². The first kappa shape index (κ1) is 22.5. The van der Waals surface area contributed by atoms with Crippen molar-refractivity contribution in [3.8, 4) is 39.8 Å². The highest BCUT2D eigenvalue weighted by molar-refractivity contribution is 6.10. The third-order valence-electron chi connectivity index (χ3n) is 7.45. The SMILES string of the molecule is Cn1ccnc1-c1ccc2nc(-c3ccc4c5ccccc5n(-c5cccc(-c6ccccn6)c5)c4c3)oc2c1. The van der Waals surface area contributed by atoms with Crippen LogP contribution >= 0.6 is 0 Å². The van der Waals surface area contributed by atoms with Crippen LogP contribution in [-0.2, 0) is 7.05 Å². The van der Waals surface area contributed by atoms with Crippen LogP contribution in [0.2, 0.25) is 0 Å². The predicted octanol–water partition coefficient (Wildman–Crippen LogP) is 8.05. The average Bonchev–Trinajstić information content (AvgIpc) is 3.72. The Morgan fingerprint density at radius 3 is 2.40 bits per heavy atom. The van der Waals surface area contributed by atoms with Gasteiger partial charge in [0.1, 0.15) is 11.3 Å². The van der Waals surface area contributed by atoms with Crippen molar-refractivity contribution in [2.24, 2.45) is 7.05 Å². The Bertz CT molecular complexity index is 2190. The number of hydrogen-bond donors (Lipinski definition) is 0. The van der Waals surface area contributed by atoms with Gasteiger partial charge in [-0.3, -0.25) is 4.98 Å². The van der Waals surface area contributed by atoms with Crippen LogP contribution in [0, 0.1) is 0 Å². The molecular weight excluding hydrogens is 494 g/mol. The van der Waals surface area contributed by atoms with Crippen LogP contribution in [0.4, 0.5) is 0 Å². The lowest BCUT2D eigenvalue weighted by Gasteiger charge is -2.10. The first-order chi connectivity index (χ1) is 19.7. The first-order valence-electron chi connectivity index (χ1n) is 13.2. The molecular formula is C34H23N5O. The zero-order valence-electron chi connectivity index (χ0n) is 21.7. The molecule has 0 amide bonds. The minimum atomic E-state index is 0.591. The number of aromatic nitrogens is 5. The number of para-hydroxylation sites is 1. The van der Waals surface area contributed by atoms with E-state index in [1.165, 1.54) is 10.8 Å². The molecule has 0 N–H and O–H groups in total. The zero-order chi connectivity index (χ0) is 26.6. The van der Waals surface area contributed by atoms with Crippen molar-refractivity contribution in [1.29, 1.82) is 0 Å². The second-order valence-electron chi connectivity index (χ2n) is 9.91. The minimum absolute atomic E-state index is 0.591. The number of fused-ring (bicyclic) bond motifs is 4. The predicted molar refractivity (Wildman–Crippen MR) is 159 cm³/mol. The van der Waals surface area contributed by atoms with Crippen molar-refractivity contribution < 1.29 is 4.42 Å². The smallest absolute Gasteiger partial charge is 0.227 e.